The van der Waals surface area contributed by atoms with E-state index in [0.717, 1.165) is 19.3 Å². The van der Waals surface area contributed by atoms with Crippen molar-refractivity contribution in [1.82, 2.24) is 14.8 Å². The van der Waals surface area contributed by atoms with E-state index in [-0.39, 0.29) is 12.0 Å². The van der Waals surface area contributed by atoms with E-state index < -0.39 is 0 Å². The van der Waals surface area contributed by atoms with E-state index in [1.165, 1.54) is 0 Å². The predicted octanol–water partition coefficient (Wildman–Crippen LogP) is 0.554. The summed E-state index contributed by atoms with van der Waals surface area (Å²) in [6, 6.07) is 3.49. The molecule has 2 aliphatic heterocycles. The zero-order valence-corrected chi connectivity index (χ0v) is 13.0. The number of carbonyl (C=O) groups is 2. The topological polar surface area (TPSA) is 72.0 Å². The normalized spacial score (nSPS) is 19.5. The molecular formula is C16H21N3O4. The molecule has 124 valence electrons. The van der Waals surface area contributed by atoms with Crippen molar-refractivity contribution in [1.29, 1.82) is 0 Å². The molecule has 0 aliphatic carbocycles. The van der Waals surface area contributed by atoms with Crippen LogP contribution >= 0.6 is 0 Å². The number of aromatic nitrogens is 1. The second-order valence-corrected chi connectivity index (χ2v) is 5.75. The zero-order chi connectivity index (χ0) is 16.1. The van der Waals surface area contributed by atoms with Gasteiger partial charge in [-0.05, 0) is 6.07 Å². The molecule has 1 aromatic rings. The van der Waals surface area contributed by atoms with Crippen molar-refractivity contribution in [3.05, 3.63) is 23.9 Å². The Kier molecular flexibility index (Phi) is 5.07. The van der Waals surface area contributed by atoms with Gasteiger partial charge in [0.2, 0.25) is 12.3 Å². The highest BCUT2D eigenvalue weighted by Gasteiger charge is 2.22. The lowest BCUT2D eigenvalue weighted by atomic mass is 10.1. The first-order valence-corrected chi connectivity index (χ1v) is 7.95. The molecule has 2 saturated heterocycles. The lowest BCUT2D eigenvalue weighted by Gasteiger charge is -2.32. The van der Waals surface area contributed by atoms with Crippen LogP contribution in [-0.2, 0) is 9.53 Å². The van der Waals surface area contributed by atoms with Crippen molar-refractivity contribution in [3.8, 4) is 5.88 Å². The van der Waals surface area contributed by atoms with Gasteiger partial charge in [0.15, 0.2) is 0 Å². The van der Waals surface area contributed by atoms with E-state index in [1.54, 1.807) is 28.1 Å². The van der Waals surface area contributed by atoms with Crippen LogP contribution in [0.5, 0.6) is 5.88 Å². The van der Waals surface area contributed by atoms with E-state index in [0.29, 0.717) is 50.8 Å². The summed E-state index contributed by atoms with van der Waals surface area (Å²) in [5.41, 5.74) is 0.545. The van der Waals surface area contributed by atoms with Crippen LogP contribution in [0.1, 0.15) is 23.2 Å². The Morgan fingerprint density at radius 3 is 2.57 bits per heavy atom. The number of nitrogens with zero attached hydrogens (tertiary/aromatic N) is 3. The van der Waals surface area contributed by atoms with Crippen LogP contribution in [0.3, 0.4) is 0 Å². The molecule has 3 heterocycles. The largest absolute Gasteiger partial charge is 0.474 e. The molecule has 2 fully saturated rings. The number of rotatable bonds is 4. The van der Waals surface area contributed by atoms with Gasteiger partial charge in [-0.3, -0.25) is 9.59 Å². The number of hydrogen-bond donors (Lipinski definition) is 0. The van der Waals surface area contributed by atoms with Crippen molar-refractivity contribution < 1.29 is 19.1 Å². The summed E-state index contributed by atoms with van der Waals surface area (Å²) in [7, 11) is 0. The fourth-order valence-corrected chi connectivity index (χ4v) is 2.75. The second-order valence-electron chi connectivity index (χ2n) is 5.75. The van der Waals surface area contributed by atoms with Crippen LogP contribution < -0.4 is 4.74 Å². The van der Waals surface area contributed by atoms with Crippen molar-refractivity contribution >= 4 is 12.3 Å². The molecule has 7 nitrogen and oxygen atoms in total. The minimum atomic E-state index is -0.0549. The number of pyridine rings is 1. The van der Waals surface area contributed by atoms with E-state index in [2.05, 4.69) is 4.98 Å². The molecule has 2 aliphatic rings. The second kappa shape index (κ2) is 7.41. The van der Waals surface area contributed by atoms with Gasteiger partial charge in [-0.25, -0.2) is 4.98 Å². The first-order valence-electron chi connectivity index (χ1n) is 7.95. The molecule has 0 bridgehead atoms. The Morgan fingerprint density at radius 2 is 1.96 bits per heavy atom. The molecule has 0 aromatic carbocycles. The summed E-state index contributed by atoms with van der Waals surface area (Å²) in [5, 5.41) is 0. The van der Waals surface area contributed by atoms with Crippen LogP contribution in [0, 0.1) is 0 Å². The summed E-state index contributed by atoms with van der Waals surface area (Å²) in [6.45, 7) is 3.69. The minimum Gasteiger partial charge on any atom is -0.474 e. The van der Waals surface area contributed by atoms with Crippen LogP contribution in [0.25, 0.3) is 0 Å². The van der Waals surface area contributed by atoms with Gasteiger partial charge in [-0.2, -0.15) is 0 Å². The number of carbonyl (C=O) groups excluding carboxylic acids is 2. The van der Waals surface area contributed by atoms with Crippen LogP contribution in [0.2, 0.25) is 0 Å². The predicted molar refractivity (Wildman–Crippen MR) is 82.2 cm³/mol. The van der Waals surface area contributed by atoms with E-state index in [4.69, 9.17) is 9.47 Å². The van der Waals surface area contributed by atoms with E-state index in [1.807, 2.05) is 0 Å². The summed E-state index contributed by atoms with van der Waals surface area (Å²) < 4.78 is 11.1. The van der Waals surface area contributed by atoms with Gasteiger partial charge in [-0.1, -0.05) is 0 Å². The molecule has 0 radical (unpaired) electrons. The van der Waals surface area contributed by atoms with E-state index in [9.17, 15) is 9.59 Å². The lowest BCUT2D eigenvalue weighted by molar-refractivity contribution is -0.119. The molecule has 2 amide bonds. The highest BCUT2D eigenvalue weighted by molar-refractivity contribution is 5.94. The van der Waals surface area contributed by atoms with Crippen LogP contribution in [-0.4, -0.2) is 72.6 Å². The maximum absolute atomic E-state index is 12.4. The Bertz CT molecular complexity index is 535. The highest BCUT2D eigenvalue weighted by atomic mass is 16.5. The summed E-state index contributed by atoms with van der Waals surface area (Å²) in [4.78, 5) is 30.8. The molecule has 0 N–H and O–H groups in total. The standard InChI is InChI=1S/C16H21N3O4/c20-12-18-5-7-19(8-6-18)16(21)13-1-2-15(17-11-13)23-14-3-9-22-10-4-14/h1-2,11-12,14H,3-10H2. The lowest BCUT2D eigenvalue weighted by Crippen LogP contribution is -2.48. The Hall–Kier alpha value is -2.15. The third-order valence-corrected chi connectivity index (χ3v) is 4.19. The van der Waals surface area contributed by atoms with Gasteiger partial charge in [-0.15, -0.1) is 0 Å². The SMILES string of the molecule is O=CN1CCN(C(=O)c2ccc(OC3CCOCC3)nc2)CC1. The van der Waals surface area contributed by atoms with Gasteiger partial charge < -0.3 is 19.3 Å². The molecule has 3 rings (SSSR count). The number of hydrogen-bond acceptors (Lipinski definition) is 5. The number of amides is 2. The van der Waals surface area contributed by atoms with Gasteiger partial charge in [0, 0.05) is 51.3 Å². The first kappa shape index (κ1) is 15.7. The molecule has 0 saturated carbocycles. The highest BCUT2D eigenvalue weighted by Crippen LogP contribution is 2.17. The molecule has 7 heteroatoms. The fraction of sp³-hybridized carbons (Fsp3) is 0.562. The third-order valence-electron chi connectivity index (χ3n) is 4.19. The number of piperazine rings is 1. The van der Waals surface area contributed by atoms with Crippen molar-refractivity contribution in [3.63, 3.8) is 0 Å². The average molecular weight is 319 g/mol. The Labute approximate surface area is 135 Å². The van der Waals surface area contributed by atoms with Crippen LogP contribution in [0.4, 0.5) is 0 Å². The molecule has 0 spiro atoms. The smallest absolute Gasteiger partial charge is 0.255 e. The zero-order valence-electron chi connectivity index (χ0n) is 13.0. The maximum atomic E-state index is 12.4. The summed E-state index contributed by atoms with van der Waals surface area (Å²) in [6.07, 6.45) is 4.25. The summed E-state index contributed by atoms with van der Waals surface area (Å²) in [5.74, 6) is 0.486. The molecular weight excluding hydrogens is 298 g/mol. The molecule has 23 heavy (non-hydrogen) atoms. The van der Waals surface area contributed by atoms with Crippen molar-refractivity contribution in [2.24, 2.45) is 0 Å². The molecule has 0 unspecified atom stereocenters. The monoisotopic (exact) mass is 319 g/mol. The van der Waals surface area contributed by atoms with Gasteiger partial charge >= 0.3 is 0 Å². The Morgan fingerprint density at radius 1 is 1.22 bits per heavy atom. The van der Waals surface area contributed by atoms with E-state index >= 15 is 0 Å². The fourth-order valence-electron chi connectivity index (χ4n) is 2.75. The third kappa shape index (κ3) is 3.98. The van der Waals surface area contributed by atoms with Crippen LogP contribution in [0.15, 0.2) is 18.3 Å². The molecule has 1 aromatic heterocycles. The Balaban J connectivity index is 1.56. The average Bonchev–Trinajstić information content (AvgIpc) is 2.63. The quantitative estimate of drug-likeness (QED) is 0.758. The van der Waals surface area contributed by atoms with Crippen molar-refractivity contribution in [2.75, 3.05) is 39.4 Å². The van der Waals surface area contributed by atoms with Gasteiger partial charge in [0.1, 0.15) is 6.10 Å². The maximum Gasteiger partial charge on any atom is 0.255 e. The van der Waals surface area contributed by atoms with Gasteiger partial charge in [0.05, 0.1) is 18.8 Å². The number of ether oxygens (including phenoxy) is 2. The van der Waals surface area contributed by atoms with Gasteiger partial charge in [0.25, 0.3) is 5.91 Å². The first-order chi connectivity index (χ1) is 11.3. The minimum absolute atomic E-state index is 0.0549. The molecule has 0 atom stereocenters. The summed E-state index contributed by atoms with van der Waals surface area (Å²) >= 11 is 0. The van der Waals surface area contributed by atoms with Crippen molar-refractivity contribution in [2.45, 2.75) is 18.9 Å².